The average molecular weight is 307 g/mol. The fourth-order valence-electron chi connectivity index (χ4n) is 2.03. The van der Waals surface area contributed by atoms with Crippen molar-refractivity contribution in [2.75, 3.05) is 16.9 Å². The molecule has 1 aliphatic rings. The number of urea groups is 1. The van der Waals surface area contributed by atoms with Gasteiger partial charge in [-0.15, -0.1) is 11.8 Å². The first-order chi connectivity index (χ1) is 9.87. The van der Waals surface area contributed by atoms with E-state index in [1.54, 1.807) is 16.7 Å². The van der Waals surface area contributed by atoms with Gasteiger partial charge >= 0.3 is 6.03 Å². The normalized spacial score (nSPS) is 18.4. The number of anilines is 1. The zero-order valence-electron chi connectivity index (χ0n) is 12.6. The Hall–Kier alpha value is -1.69. The number of hydrogen-bond donors (Lipinski definition) is 2. The van der Waals surface area contributed by atoms with E-state index in [1.165, 1.54) is 0 Å². The van der Waals surface area contributed by atoms with Crippen LogP contribution in [0.5, 0.6) is 0 Å². The van der Waals surface area contributed by atoms with Crippen molar-refractivity contribution >= 4 is 29.4 Å². The highest BCUT2D eigenvalue weighted by atomic mass is 32.2. The molecule has 0 saturated carbocycles. The number of hydrogen-bond acceptors (Lipinski definition) is 3. The topological polar surface area (TPSA) is 61.4 Å². The summed E-state index contributed by atoms with van der Waals surface area (Å²) in [5.41, 5.74) is 0.431. The van der Waals surface area contributed by atoms with Crippen LogP contribution in [0.2, 0.25) is 0 Å². The number of thioether (sulfide) groups is 1. The van der Waals surface area contributed by atoms with Crippen molar-refractivity contribution in [2.45, 2.75) is 32.4 Å². The summed E-state index contributed by atoms with van der Waals surface area (Å²) in [5.74, 6) is 1.06. The van der Waals surface area contributed by atoms with E-state index < -0.39 is 6.04 Å². The summed E-state index contributed by atoms with van der Waals surface area (Å²) in [6.07, 6.45) is 0. The van der Waals surface area contributed by atoms with Gasteiger partial charge in [-0.25, -0.2) is 4.79 Å². The van der Waals surface area contributed by atoms with Crippen molar-refractivity contribution in [2.24, 2.45) is 0 Å². The summed E-state index contributed by atoms with van der Waals surface area (Å²) in [7, 11) is 0. The van der Waals surface area contributed by atoms with Crippen LogP contribution in [0.15, 0.2) is 30.3 Å². The Kier molecular flexibility index (Phi) is 4.77. The van der Waals surface area contributed by atoms with Crippen LogP contribution in [0.1, 0.15) is 20.8 Å². The Labute approximate surface area is 129 Å². The molecule has 1 fully saturated rings. The summed E-state index contributed by atoms with van der Waals surface area (Å²) in [6, 6.07) is 8.60. The molecule has 0 spiro atoms. The molecule has 3 amide bonds. The highest BCUT2D eigenvalue weighted by molar-refractivity contribution is 7.99. The molecule has 2 rings (SSSR count). The first kappa shape index (κ1) is 15.7. The fraction of sp³-hybridized carbons (Fsp3) is 0.467. The third kappa shape index (κ3) is 4.39. The van der Waals surface area contributed by atoms with Gasteiger partial charge in [0.15, 0.2) is 0 Å². The lowest BCUT2D eigenvalue weighted by atomic mass is 10.1. The Morgan fingerprint density at radius 1 is 1.24 bits per heavy atom. The minimum atomic E-state index is -0.419. The number of amides is 3. The summed E-state index contributed by atoms with van der Waals surface area (Å²) in [5, 5.41) is 5.76. The van der Waals surface area contributed by atoms with E-state index in [4.69, 9.17) is 0 Å². The van der Waals surface area contributed by atoms with Crippen molar-refractivity contribution in [3.05, 3.63) is 30.3 Å². The van der Waals surface area contributed by atoms with E-state index in [9.17, 15) is 9.59 Å². The van der Waals surface area contributed by atoms with E-state index in [1.807, 2.05) is 51.1 Å². The van der Waals surface area contributed by atoms with Crippen LogP contribution in [0, 0.1) is 0 Å². The molecule has 0 bridgehead atoms. The molecule has 1 atom stereocenters. The standard InChI is InChI=1S/C15H21N3O2S/c1-15(2,3)17-13(19)12-9-21-10-18(12)14(20)16-11-7-5-4-6-8-11/h4-8,12H,9-10H2,1-3H3,(H,16,20)(H,17,19)/t12-/m0/s1. The molecule has 0 aromatic heterocycles. The third-order valence-corrected chi connectivity index (χ3v) is 3.98. The van der Waals surface area contributed by atoms with Crippen molar-refractivity contribution < 1.29 is 9.59 Å². The van der Waals surface area contributed by atoms with Crippen LogP contribution < -0.4 is 10.6 Å². The molecule has 2 N–H and O–H groups in total. The summed E-state index contributed by atoms with van der Waals surface area (Å²) in [4.78, 5) is 26.2. The van der Waals surface area contributed by atoms with E-state index in [-0.39, 0.29) is 17.5 Å². The molecular formula is C15H21N3O2S. The Morgan fingerprint density at radius 2 is 1.90 bits per heavy atom. The largest absolute Gasteiger partial charge is 0.350 e. The predicted molar refractivity (Wildman–Crippen MR) is 86.3 cm³/mol. The summed E-state index contributed by atoms with van der Waals surface area (Å²) in [6.45, 7) is 5.80. The molecule has 1 aliphatic heterocycles. The van der Waals surface area contributed by atoms with Gasteiger partial charge < -0.3 is 15.5 Å². The Morgan fingerprint density at radius 3 is 2.52 bits per heavy atom. The monoisotopic (exact) mass is 307 g/mol. The van der Waals surface area contributed by atoms with Crippen LogP contribution >= 0.6 is 11.8 Å². The molecular weight excluding hydrogens is 286 g/mol. The number of carbonyl (C=O) groups is 2. The van der Waals surface area contributed by atoms with Crippen molar-refractivity contribution in [3.8, 4) is 0 Å². The van der Waals surface area contributed by atoms with Crippen LogP contribution in [0.3, 0.4) is 0 Å². The number of nitrogens with one attached hydrogen (secondary N) is 2. The Bertz CT molecular complexity index is 513. The molecule has 21 heavy (non-hydrogen) atoms. The van der Waals surface area contributed by atoms with Gasteiger partial charge in [-0.05, 0) is 32.9 Å². The van der Waals surface area contributed by atoms with E-state index in [2.05, 4.69) is 10.6 Å². The maximum Gasteiger partial charge on any atom is 0.323 e. The van der Waals surface area contributed by atoms with Gasteiger partial charge in [0.1, 0.15) is 6.04 Å². The average Bonchev–Trinajstić information content (AvgIpc) is 2.87. The zero-order chi connectivity index (χ0) is 15.5. The number of rotatable bonds is 2. The molecule has 114 valence electrons. The lowest BCUT2D eigenvalue weighted by Crippen LogP contribution is -2.53. The van der Waals surface area contributed by atoms with E-state index >= 15 is 0 Å². The smallest absolute Gasteiger partial charge is 0.323 e. The van der Waals surface area contributed by atoms with Crippen molar-refractivity contribution in [3.63, 3.8) is 0 Å². The maximum atomic E-state index is 12.3. The van der Waals surface area contributed by atoms with Crippen LogP contribution in [-0.4, -0.2) is 40.0 Å². The highest BCUT2D eigenvalue weighted by Crippen LogP contribution is 2.22. The lowest BCUT2D eigenvalue weighted by Gasteiger charge is -2.27. The summed E-state index contributed by atoms with van der Waals surface area (Å²) < 4.78 is 0. The highest BCUT2D eigenvalue weighted by Gasteiger charge is 2.35. The number of nitrogens with zero attached hydrogens (tertiary/aromatic N) is 1. The molecule has 1 aromatic carbocycles. The van der Waals surface area contributed by atoms with E-state index in [0.717, 1.165) is 5.69 Å². The van der Waals surface area contributed by atoms with Gasteiger partial charge in [0.25, 0.3) is 0 Å². The van der Waals surface area contributed by atoms with Crippen molar-refractivity contribution in [1.82, 2.24) is 10.2 Å². The van der Waals surface area contributed by atoms with Crippen LogP contribution in [0.4, 0.5) is 10.5 Å². The maximum absolute atomic E-state index is 12.3. The minimum Gasteiger partial charge on any atom is -0.350 e. The second kappa shape index (κ2) is 6.39. The number of carbonyl (C=O) groups excluding carboxylic acids is 2. The molecule has 0 aliphatic carbocycles. The first-order valence-corrected chi connectivity index (χ1v) is 8.05. The molecule has 0 unspecified atom stereocenters. The molecule has 6 heteroatoms. The first-order valence-electron chi connectivity index (χ1n) is 6.89. The lowest BCUT2D eigenvalue weighted by molar-refractivity contribution is -0.125. The van der Waals surface area contributed by atoms with Gasteiger partial charge in [0, 0.05) is 17.0 Å². The Balaban J connectivity index is 2.01. The predicted octanol–water partition coefficient (Wildman–Crippen LogP) is 2.51. The van der Waals surface area contributed by atoms with Crippen LogP contribution in [0.25, 0.3) is 0 Å². The van der Waals surface area contributed by atoms with Gasteiger partial charge in [0.05, 0.1) is 5.88 Å². The van der Waals surface area contributed by atoms with Gasteiger partial charge in [-0.2, -0.15) is 0 Å². The quantitative estimate of drug-likeness (QED) is 0.882. The zero-order valence-corrected chi connectivity index (χ0v) is 13.4. The second-order valence-electron chi connectivity index (χ2n) is 6.02. The second-order valence-corrected chi connectivity index (χ2v) is 7.02. The van der Waals surface area contributed by atoms with Crippen molar-refractivity contribution in [1.29, 1.82) is 0 Å². The van der Waals surface area contributed by atoms with Crippen LogP contribution in [-0.2, 0) is 4.79 Å². The van der Waals surface area contributed by atoms with Gasteiger partial charge in [-0.3, -0.25) is 4.79 Å². The molecule has 1 aromatic rings. The fourth-order valence-corrected chi connectivity index (χ4v) is 3.18. The number of benzene rings is 1. The molecule has 1 heterocycles. The SMILES string of the molecule is CC(C)(C)NC(=O)[C@@H]1CSCN1C(=O)Nc1ccccc1. The van der Waals surface area contributed by atoms with Gasteiger partial charge in [-0.1, -0.05) is 18.2 Å². The van der Waals surface area contributed by atoms with E-state index in [0.29, 0.717) is 11.6 Å². The minimum absolute atomic E-state index is 0.101. The molecule has 5 nitrogen and oxygen atoms in total. The van der Waals surface area contributed by atoms with Gasteiger partial charge in [0.2, 0.25) is 5.91 Å². The third-order valence-electron chi connectivity index (χ3n) is 2.97. The summed E-state index contributed by atoms with van der Waals surface area (Å²) >= 11 is 1.59. The molecule has 0 radical (unpaired) electrons. The molecule has 1 saturated heterocycles. The number of para-hydroxylation sites is 1.